The molecule has 94 valence electrons. The van der Waals surface area contributed by atoms with Gasteiger partial charge in [-0.05, 0) is 49.6 Å². The Morgan fingerprint density at radius 1 is 1.06 bits per heavy atom. The molecule has 2 aromatic rings. The number of hydrogen-bond acceptors (Lipinski definition) is 1. The lowest BCUT2D eigenvalue weighted by molar-refractivity contribution is 0.101. The molecule has 0 heterocycles. The van der Waals surface area contributed by atoms with Gasteiger partial charge in [0.15, 0.2) is 0 Å². The topological polar surface area (TPSA) is 20.2 Å². The van der Waals surface area contributed by atoms with Crippen LogP contribution in [-0.4, -0.2) is 5.11 Å². The van der Waals surface area contributed by atoms with Crippen LogP contribution < -0.4 is 0 Å². The molecule has 0 saturated carbocycles. The minimum Gasteiger partial charge on any atom is -0.381 e. The van der Waals surface area contributed by atoms with Gasteiger partial charge in [-0.15, -0.1) is 0 Å². The zero-order valence-electron chi connectivity index (χ0n) is 10.9. The predicted molar refractivity (Wildman–Crippen MR) is 78.7 cm³/mol. The second-order valence-electron chi connectivity index (χ2n) is 4.90. The van der Waals surface area contributed by atoms with Crippen molar-refractivity contribution in [2.75, 3.05) is 0 Å². The summed E-state index contributed by atoms with van der Waals surface area (Å²) in [5, 5.41) is 10.9. The van der Waals surface area contributed by atoms with Crippen molar-refractivity contribution in [1.29, 1.82) is 0 Å². The summed E-state index contributed by atoms with van der Waals surface area (Å²) in [7, 11) is 0. The Morgan fingerprint density at radius 2 is 1.78 bits per heavy atom. The van der Waals surface area contributed by atoms with E-state index in [1.807, 2.05) is 45.0 Å². The summed E-state index contributed by atoms with van der Waals surface area (Å²) < 4.78 is 0.977. The Kier molecular flexibility index (Phi) is 3.60. The average molecular weight is 305 g/mol. The largest absolute Gasteiger partial charge is 0.381 e. The van der Waals surface area contributed by atoms with Crippen LogP contribution >= 0.6 is 15.9 Å². The summed E-state index contributed by atoms with van der Waals surface area (Å²) in [6.07, 6.45) is 0. The number of benzene rings is 2. The van der Waals surface area contributed by atoms with Crippen LogP contribution in [0, 0.1) is 13.8 Å². The third-order valence-electron chi connectivity index (χ3n) is 3.30. The number of halogens is 1. The van der Waals surface area contributed by atoms with Crippen LogP contribution in [0.15, 0.2) is 46.9 Å². The Balaban J connectivity index is 2.57. The molecule has 2 rings (SSSR count). The first kappa shape index (κ1) is 13.3. The standard InChI is InChI=1S/C16H17BrO/c1-11-7-8-12(2)15(9-11)16(3,18)13-5-4-6-14(17)10-13/h4-10,18H,1-3H3. The van der Waals surface area contributed by atoms with Crippen LogP contribution in [0.25, 0.3) is 0 Å². The second kappa shape index (κ2) is 4.87. The van der Waals surface area contributed by atoms with Crippen molar-refractivity contribution >= 4 is 15.9 Å². The van der Waals surface area contributed by atoms with Gasteiger partial charge >= 0.3 is 0 Å². The SMILES string of the molecule is Cc1ccc(C)c(C(C)(O)c2cccc(Br)c2)c1. The van der Waals surface area contributed by atoms with E-state index >= 15 is 0 Å². The van der Waals surface area contributed by atoms with Crippen molar-refractivity contribution in [3.63, 3.8) is 0 Å². The van der Waals surface area contributed by atoms with E-state index in [-0.39, 0.29) is 0 Å². The maximum atomic E-state index is 10.9. The van der Waals surface area contributed by atoms with Gasteiger partial charge in [0.05, 0.1) is 0 Å². The summed E-state index contributed by atoms with van der Waals surface area (Å²) in [6.45, 7) is 5.91. The fourth-order valence-electron chi connectivity index (χ4n) is 2.21. The highest BCUT2D eigenvalue weighted by Crippen LogP contribution is 2.33. The van der Waals surface area contributed by atoms with Gasteiger partial charge in [0.1, 0.15) is 5.60 Å². The highest BCUT2D eigenvalue weighted by atomic mass is 79.9. The molecule has 2 aromatic carbocycles. The summed E-state index contributed by atoms with van der Waals surface area (Å²) >= 11 is 3.45. The van der Waals surface area contributed by atoms with E-state index in [2.05, 4.69) is 34.1 Å². The minimum absolute atomic E-state index is 0.894. The molecule has 0 aliphatic carbocycles. The number of hydrogen-bond donors (Lipinski definition) is 1. The number of aliphatic hydroxyl groups is 1. The van der Waals surface area contributed by atoms with Gasteiger partial charge in [-0.3, -0.25) is 0 Å². The Bertz CT molecular complexity index is 573. The molecule has 2 heteroatoms. The van der Waals surface area contributed by atoms with Gasteiger partial charge < -0.3 is 5.11 Å². The van der Waals surface area contributed by atoms with E-state index in [4.69, 9.17) is 0 Å². The van der Waals surface area contributed by atoms with Crippen molar-refractivity contribution in [3.8, 4) is 0 Å². The van der Waals surface area contributed by atoms with Crippen molar-refractivity contribution in [2.24, 2.45) is 0 Å². The van der Waals surface area contributed by atoms with E-state index in [0.29, 0.717) is 0 Å². The molecule has 0 spiro atoms. The van der Waals surface area contributed by atoms with Crippen LogP contribution in [0.1, 0.15) is 29.2 Å². The molecule has 0 bridgehead atoms. The number of rotatable bonds is 2. The summed E-state index contributed by atoms with van der Waals surface area (Å²) in [4.78, 5) is 0. The van der Waals surface area contributed by atoms with Crippen molar-refractivity contribution < 1.29 is 5.11 Å². The van der Waals surface area contributed by atoms with Crippen LogP contribution in [-0.2, 0) is 5.60 Å². The third-order valence-corrected chi connectivity index (χ3v) is 3.80. The molecule has 18 heavy (non-hydrogen) atoms. The van der Waals surface area contributed by atoms with Gasteiger partial charge in [-0.25, -0.2) is 0 Å². The Hall–Kier alpha value is -1.12. The lowest BCUT2D eigenvalue weighted by Crippen LogP contribution is -2.24. The summed E-state index contributed by atoms with van der Waals surface area (Å²) in [5.41, 5.74) is 3.14. The van der Waals surface area contributed by atoms with Gasteiger partial charge in [-0.2, -0.15) is 0 Å². The van der Waals surface area contributed by atoms with Crippen LogP contribution in [0.5, 0.6) is 0 Å². The van der Waals surface area contributed by atoms with E-state index in [0.717, 1.165) is 26.7 Å². The van der Waals surface area contributed by atoms with Crippen molar-refractivity contribution in [1.82, 2.24) is 0 Å². The zero-order chi connectivity index (χ0) is 13.3. The van der Waals surface area contributed by atoms with Crippen molar-refractivity contribution in [3.05, 3.63) is 69.2 Å². The van der Waals surface area contributed by atoms with Crippen LogP contribution in [0.3, 0.4) is 0 Å². The normalized spacial score (nSPS) is 14.3. The van der Waals surface area contributed by atoms with E-state index in [1.165, 1.54) is 0 Å². The molecular formula is C16H17BrO. The molecule has 0 amide bonds. The molecule has 0 aliphatic rings. The molecule has 0 radical (unpaired) electrons. The van der Waals surface area contributed by atoms with Gasteiger partial charge in [0.25, 0.3) is 0 Å². The lowest BCUT2D eigenvalue weighted by atomic mass is 9.85. The Labute approximate surface area is 117 Å². The quantitative estimate of drug-likeness (QED) is 0.876. The molecule has 0 fully saturated rings. The maximum absolute atomic E-state index is 10.9. The fourth-order valence-corrected chi connectivity index (χ4v) is 2.61. The molecule has 1 nitrogen and oxygen atoms in total. The summed E-state index contributed by atoms with van der Waals surface area (Å²) in [5.74, 6) is 0. The first-order chi connectivity index (χ1) is 8.41. The fraction of sp³-hybridized carbons (Fsp3) is 0.250. The third kappa shape index (κ3) is 2.50. The molecule has 0 aliphatic heterocycles. The van der Waals surface area contributed by atoms with Gasteiger partial charge in [0, 0.05) is 4.47 Å². The highest BCUT2D eigenvalue weighted by Gasteiger charge is 2.27. The predicted octanol–water partition coefficient (Wildman–Crippen LogP) is 4.32. The average Bonchev–Trinajstić information content (AvgIpc) is 2.32. The molecule has 1 atom stereocenters. The minimum atomic E-state index is -0.972. The highest BCUT2D eigenvalue weighted by molar-refractivity contribution is 9.10. The van der Waals surface area contributed by atoms with E-state index < -0.39 is 5.60 Å². The monoisotopic (exact) mass is 304 g/mol. The zero-order valence-corrected chi connectivity index (χ0v) is 12.5. The van der Waals surface area contributed by atoms with Crippen LogP contribution in [0.4, 0.5) is 0 Å². The first-order valence-electron chi connectivity index (χ1n) is 5.97. The number of aryl methyl sites for hydroxylation is 2. The van der Waals surface area contributed by atoms with E-state index in [9.17, 15) is 5.11 Å². The molecular weight excluding hydrogens is 288 g/mol. The second-order valence-corrected chi connectivity index (χ2v) is 5.82. The lowest BCUT2D eigenvalue weighted by Gasteiger charge is -2.27. The molecule has 0 aromatic heterocycles. The first-order valence-corrected chi connectivity index (χ1v) is 6.76. The Morgan fingerprint density at radius 3 is 2.44 bits per heavy atom. The molecule has 1 unspecified atom stereocenters. The van der Waals surface area contributed by atoms with Crippen LogP contribution in [0.2, 0.25) is 0 Å². The molecule has 1 N–H and O–H groups in total. The summed E-state index contributed by atoms with van der Waals surface area (Å²) in [6, 6.07) is 14.0. The van der Waals surface area contributed by atoms with Crippen molar-refractivity contribution in [2.45, 2.75) is 26.4 Å². The maximum Gasteiger partial charge on any atom is 0.112 e. The molecule has 0 saturated heterocycles. The van der Waals surface area contributed by atoms with Gasteiger partial charge in [0.2, 0.25) is 0 Å². The smallest absolute Gasteiger partial charge is 0.112 e. The van der Waals surface area contributed by atoms with E-state index in [1.54, 1.807) is 0 Å². The van der Waals surface area contributed by atoms with Gasteiger partial charge in [-0.1, -0.05) is 51.8 Å².